The van der Waals surface area contributed by atoms with E-state index in [1.165, 1.54) is 6.42 Å². The maximum atomic E-state index is 4.04. The third-order valence-corrected chi connectivity index (χ3v) is 3.79. The molecule has 0 spiro atoms. The van der Waals surface area contributed by atoms with Crippen LogP contribution in [-0.4, -0.2) is 10.9 Å². The summed E-state index contributed by atoms with van der Waals surface area (Å²) >= 11 is 0. The largest absolute Gasteiger partial charge is 0.343 e. The predicted molar refractivity (Wildman–Crippen MR) is 70.5 cm³/mol. The van der Waals surface area contributed by atoms with Gasteiger partial charge in [-0.2, -0.15) is 0 Å². The summed E-state index contributed by atoms with van der Waals surface area (Å²) in [6.45, 7) is 17.0. The fourth-order valence-electron chi connectivity index (χ4n) is 2.03. The number of hydrogen-bond donors (Lipinski definition) is 1. The van der Waals surface area contributed by atoms with Gasteiger partial charge in [0.15, 0.2) is 0 Å². The normalized spacial score (nSPS) is 21.6. The summed E-state index contributed by atoms with van der Waals surface area (Å²) in [6, 6.07) is 0.458. The molecule has 0 saturated carbocycles. The number of rotatable bonds is 4. The molecular weight excluding hydrogens is 196 g/mol. The van der Waals surface area contributed by atoms with E-state index in [2.05, 4.69) is 57.3 Å². The van der Waals surface area contributed by atoms with Crippen LogP contribution in [0.1, 0.15) is 34.1 Å². The Bertz CT molecular complexity index is 304. The van der Waals surface area contributed by atoms with Crippen LogP contribution >= 0.6 is 0 Å². The van der Waals surface area contributed by atoms with Crippen molar-refractivity contribution in [2.24, 2.45) is 11.8 Å². The maximum Gasteiger partial charge on any atom is 0.103 e. The molecule has 0 fully saturated rings. The van der Waals surface area contributed by atoms with Gasteiger partial charge in [0.1, 0.15) is 5.82 Å². The highest BCUT2D eigenvalue weighted by atomic mass is 15.3. The predicted octanol–water partition coefficient (Wildman–Crippen LogP) is 3.46. The van der Waals surface area contributed by atoms with Crippen molar-refractivity contribution in [3.8, 4) is 0 Å². The second-order valence-corrected chi connectivity index (χ2v) is 4.81. The van der Waals surface area contributed by atoms with Crippen LogP contribution in [0.5, 0.6) is 0 Å². The highest BCUT2D eigenvalue weighted by Gasteiger charge is 2.24. The van der Waals surface area contributed by atoms with Crippen LogP contribution in [0.25, 0.3) is 0 Å². The van der Waals surface area contributed by atoms with Gasteiger partial charge in [0.05, 0.1) is 0 Å². The Morgan fingerprint density at radius 3 is 2.44 bits per heavy atom. The molecule has 3 unspecified atom stereocenters. The van der Waals surface area contributed by atoms with E-state index < -0.39 is 0 Å². The van der Waals surface area contributed by atoms with Gasteiger partial charge in [0.25, 0.3) is 0 Å². The first-order valence-corrected chi connectivity index (χ1v) is 6.08. The lowest BCUT2D eigenvalue weighted by Crippen LogP contribution is -2.40. The molecule has 0 aromatic rings. The topological polar surface area (TPSA) is 15.3 Å². The van der Waals surface area contributed by atoms with Crippen molar-refractivity contribution in [3.63, 3.8) is 0 Å². The molecule has 16 heavy (non-hydrogen) atoms. The first kappa shape index (κ1) is 12.9. The molecule has 1 N–H and O–H groups in total. The van der Waals surface area contributed by atoms with E-state index in [1.54, 1.807) is 0 Å². The first-order valence-electron chi connectivity index (χ1n) is 6.08. The summed E-state index contributed by atoms with van der Waals surface area (Å²) in [5, 5.41) is 3.17. The van der Waals surface area contributed by atoms with E-state index in [1.807, 2.05) is 6.08 Å². The molecule has 0 radical (unpaired) electrons. The fraction of sp³-hybridized carbons (Fsp3) is 0.571. The van der Waals surface area contributed by atoms with E-state index in [4.69, 9.17) is 0 Å². The molecule has 3 atom stereocenters. The molecule has 1 rings (SSSR count). The Morgan fingerprint density at radius 2 is 1.94 bits per heavy atom. The van der Waals surface area contributed by atoms with Crippen LogP contribution in [0.2, 0.25) is 0 Å². The molecule has 1 aliphatic heterocycles. The average molecular weight is 220 g/mol. The molecule has 0 bridgehead atoms. The molecule has 0 aromatic heterocycles. The molecule has 0 aromatic carbocycles. The van der Waals surface area contributed by atoms with Crippen molar-refractivity contribution in [2.75, 3.05) is 0 Å². The van der Waals surface area contributed by atoms with Crippen LogP contribution in [0.4, 0.5) is 0 Å². The van der Waals surface area contributed by atoms with Crippen LogP contribution < -0.4 is 5.32 Å². The first-order chi connectivity index (χ1) is 7.47. The quantitative estimate of drug-likeness (QED) is 0.780. The van der Waals surface area contributed by atoms with Crippen molar-refractivity contribution in [3.05, 3.63) is 37.0 Å². The summed E-state index contributed by atoms with van der Waals surface area (Å²) in [5.41, 5.74) is 0.907. The van der Waals surface area contributed by atoms with Crippen molar-refractivity contribution in [1.29, 1.82) is 0 Å². The summed E-state index contributed by atoms with van der Waals surface area (Å²) in [4.78, 5) is 2.20. The second-order valence-electron chi connectivity index (χ2n) is 4.81. The third-order valence-electron chi connectivity index (χ3n) is 3.79. The Balaban J connectivity index is 2.73. The minimum Gasteiger partial charge on any atom is -0.343 e. The monoisotopic (exact) mass is 220 g/mol. The Hall–Kier alpha value is -1.18. The van der Waals surface area contributed by atoms with Gasteiger partial charge in [0.2, 0.25) is 0 Å². The summed E-state index contributed by atoms with van der Waals surface area (Å²) in [5.74, 6) is 2.29. The minimum absolute atomic E-state index is 0.458. The van der Waals surface area contributed by atoms with Crippen molar-refractivity contribution in [2.45, 2.75) is 40.2 Å². The van der Waals surface area contributed by atoms with E-state index >= 15 is 0 Å². The highest BCUT2D eigenvalue weighted by molar-refractivity contribution is 5.24. The number of nitrogens with one attached hydrogen (secondary N) is 1. The molecule has 0 aliphatic carbocycles. The SMILES string of the molecule is C=C1C=CN(C(C)C(C)C(C)CC)C(=C)N1. The zero-order chi connectivity index (χ0) is 12.3. The van der Waals surface area contributed by atoms with Crippen LogP contribution in [0, 0.1) is 11.8 Å². The van der Waals surface area contributed by atoms with E-state index in [9.17, 15) is 0 Å². The van der Waals surface area contributed by atoms with Crippen molar-refractivity contribution < 1.29 is 0 Å². The molecule has 1 aliphatic rings. The number of hydrogen-bond acceptors (Lipinski definition) is 2. The van der Waals surface area contributed by atoms with Crippen LogP contribution in [0.3, 0.4) is 0 Å². The smallest absolute Gasteiger partial charge is 0.103 e. The Morgan fingerprint density at radius 1 is 1.31 bits per heavy atom. The van der Waals surface area contributed by atoms with Crippen LogP contribution in [-0.2, 0) is 0 Å². The Kier molecular flexibility index (Phi) is 4.22. The molecule has 90 valence electrons. The summed E-state index contributed by atoms with van der Waals surface area (Å²) in [7, 11) is 0. The molecule has 0 saturated heterocycles. The van der Waals surface area contributed by atoms with Gasteiger partial charge in [-0.15, -0.1) is 0 Å². The van der Waals surface area contributed by atoms with Crippen molar-refractivity contribution in [1.82, 2.24) is 10.2 Å². The van der Waals surface area contributed by atoms with Gasteiger partial charge in [-0.05, 0) is 24.8 Å². The molecule has 2 heteroatoms. The van der Waals surface area contributed by atoms with E-state index in [-0.39, 0.29) is 0 Å². The average Bonchev–Trinajstić information content (AvgIpc) is 2.26. The lowest BCUT2D eigenvalue weighted by molar-refractivity contribution is 0.204. The van der Waals surface area contributed by atoms with Gasteiger partial charge in [0, 0.05) is 17.9 Å². The van der Waals surface area contributed by atoms with Gasteiger partial charge < -0.3 is 10.2 Å². The number of allylic oxidation sites excluding steroid dienone is 1. The van der Waals surface area contributed by atoms with E-state index in [0.717, 1.165) is 17.4 Å². The summed E-state index contributed by atoms with van der Waals surface area (Å²) in [6.07, 6.45) is 5.29. The van der Waals surface area contributed by atoms with Crippen LogP contribution in [0.15, 0.2) is 37.0 Å². The standard InChI is InChI=1S/C14H24N2/c1-7-10(2)12(4)13(5)16-9-8-11(3)15-14(16)6/h8-10,12-13,15H,3,6-7H2,1-2,4-5H3. The molecule has 1 heterocycles. The minimum atomic E-state index is 0.458. The summed E-state index contributed by atoms with van der Waals surface area (Å²) < 4.78 is 0. The second kappa shape index (κ2) is 5.24. The van der Waals surface area contributed by atoms with E-state index in [0.29, 0.717) is 12.0 Å². The highest BCUT2D eigenvalue weighted by Crippen LogP contribution is 2.25. The maximum absolute atomic E-state index is 4.04. The fourth-order valence-corrected chi connectivity index (χ4v) is 2.03. The molecule has 0 amide bonds. The lowest BCUT2D eigenvalue weighted by Gasteiger charge is -2.38. The van der Waals surface area contributed by atoms with Crippen molar-refractivity contribution >= 4 is 0 Å². The molecule has 2 nitrogen and oxygen atoms in total. The van der Waals surface area contributed by atoms with Gasteiger partial charge in [-0.3, -0.25) is 0 Å². The van der Waals surface area contributed by atoms with Gasteiger partial charge >= 0.3 is 0 Å². The van der Waals surface area contributed by atoms with Gasteiger partial charge in [-0.1, -0.05) is 40.3 Å². The number of nitrogens with zero attached hydrogens (tertiary/aromatic N) is 1. The molecular formula is C14H24N2. The lowest BCUT2D eigenvalue weighted by atomic mass is 9.87. The third kappa shape index (κ3) is 2.69. The Labute approximate surface area is 99.7 Å². The zero-order valence-corrected chi connectivity index (χ0v) is 11.0. The van der Waals surface area contributed by atoms with Gasteiger partial charge in [-0.25, -0.2) is 0 Å². The zero-order valence-electron chi connectivity index (χ0n) is 11.0.